The smallest absolute Gasteiger partial charge is 0.0849 e. The van der Waals surface area contributed by atoms with E-state index in [0.29, 0.717) is 11.4 Å². The minimum atomic E-state index is -0.771. The van der Waals surface area contributed by atoms with Crippen molar-refractivity contribution >= 4 is 11.6 Å². The predicted molar refractivity (Wildman–Crippen MR) is 101 cm³/mol. The van der Waals surface area contributed by atoms with Crippen LogP contribution in [0.3, 0.4) is 0 Å². The standard InChI is InChI=1S/C22H21ClO2/c23-19-13-11-16(12-14-19)15-20(21(24)17-7-3-1-4-8-17)22(25)18-9-5-2-6-10-18/h1-14,20-22,24-25H,15H2/t21-,22-/m0/s1. The highest BCUT2D eigenvalue weighted by Gasteiger charge is 2.29. The summed E-state index contributed by atoms with van der Waals surface area (Å²) in [6, 6.07) is 26.5. The van der Waals surface area contributed by atoms with E-state index in [4.69, 9.17) is 11.6 Å². The molecule has 0 spiro atoms. The molecule has 0 aliphatic carbocycles. The number of hydrogen-bond donors (Lipinski definition) is 2. The molecule has 3 aromatic carbocycles. The molecular formula is C22H21ClO2. The van der Waals surface area contributed by atoms with Gasteiger partial charge in [-0.25, -0.2) is 0 Å². The molecule has 25 heavy (non-hydrogen) atoms. The normalized spacial score (nSPS) is 13.6. The molecule has 2 nitrogen and oxygen atoms in total. The maximum Gasteiger partial charge on any atom is 0.0849 e. The zero-order chi connectivity index (χ0) is 17.6. The quantitative estimate of drug-likeness (QED) is 0.657. The highest BCUT2D eigenvalue weighted by Crippen LogP contribution is 2.35. The summed E-state index contributed by atoms with van der Waals surface area (Å²) in [5.41, 5.74) is 2.63. The molecule has 0 heterocycles. The van der Waals surface area contributed by atoms with Crippen LogP contribution in [-0.4, -0.2) is 10.2 Å². The van der Waals surface area contributed by atoms with E-state index in [0.717, 1.165) is 16.7 Å². The summed E-state index contributed by atoms with van der Waals surface area (Å²) in [5, 5.41) is 22.6. The molecule has 128 valence electrons. The third kappa shape index (κ3) is 4.49. The zero-order valence-electron chi connectivity index (χ0n) is 13.8. The van der Waals surface area contributed by atoms with Gasteiger partial charge in [0.1, 0.15) is 0 Å². The number of hydrogen-bond acceptors (Lipinski definition) is 2. The fourth-order valence-corrected chi connectivity index (χ4v) is 3.21. The Morgan fingerprint density at radius 2 is 1.08 bits per heavy atom. The second-order valence-electron chi connectivity index (χ2n) is 6.21. The van der Waals surface area contributed by atoms with E-state index in [1.807, 2.05) is 84.9 Å². The van der Waals surface area contributed by atoms with Gasteiger partial charge in [-0.15, -0.1) is 0 Å². The fourth-order valence-electron chi connectivity index (χ4n) is 3.08. The lowest BCUT2D eigenvalue weighted by Gasteiger charge is -2.28. The van der Waals surface area contributed by atoms with Crippen LogP contribution >= 0.6 is 11.6 Å². The van der Waals surface area contributed by atoms with Crippen LogP contribution in [0.4, 0.5) is 0 Å². The second kappa shape index (κ2) is 8.30. The Hall–Kier alpha value is -2.13. The molecule has 0 saturated heterocycles. The third-order valence-electron chi connectivity index (χ3n) is 4.48. The Labute approximate surface area is 153 Å². The highest BCUT2D eigenvalue weighted by atomic mass is 35.5. The fraction of sp³-hybridized carbons (Fsp3) is 0.182. The molecular weight excluding hydrogens is 332 g/mol. The van der Waals surface area contributed by atoms with Crippen molar-refractivity contribution in [3.63, 3.8) is 0 Å². The molecule has 3 aromatic rings. The van der Waals surface area contributed by atoms with E-state index in [9.17, 15) is 10.2 Å². The minimum Gasteiger partial charge on any atom is -0.388 e. The number of halogens is 1. The van der Waals surface area contributed by atoms with Crippen molar-refractivity contribution in [1.29, 1.82) is 0 Å². The van der Waals surface area contributed by atoms with Gasteiger partial charge in [-0.3, -0.25) is 0 Å². The van der Waals surface area contributed by atoms with Crippen molar-refractivity contribution in [3.8, 4) is 0 Å². The van der Waals surface area contributed by atoms with Crippen molar-refractivity contribution in [2.24, 2.45) is 5.92 Å². The van der Waals surface area contributed by atoms with Gasteiger partial charge in [-0.2, -0.15) is 0 Å². The van der Waals surface area contributed by atoms with Crippen LogP contribution in [0.25, 0.3) is 0 Å². The largest absolute Gasteiger partial charge is 0.388 e. The molecule has 0 aliphatic heterocycles. The first-order chi connectivity index (χ1) is 12.1. The summed E-state index contributed by atoms with van der Waals surface area (Å²) < 4.78 is 0. The summed E-state index contributed by atoms with van der Waals surface area (Å²) in [7, 11) is 0. The molecule has 2 N–H and O–H groups in total. The van der Waals surface area contributed by atoms with Crippen molar-refractivity contribution in [1.82, 2.24) is 0 Å². The average molecular weight is 353 g/mol. The first kappa shape index (κ1) is 17.7. The summed E-state index contributed by atoms with van der Waals surface area (Å²) in [4.78, 5) is 0. The van der Waals surface area contributed by atoms with E-state index < -0.39 is 12.2 Å². The van der Waals surface area contributed by atoms with Crippen LogP contribution < -0.4 is 0 Å². The van der Waals surface area contributed by atoms with Gasteiger partial charge < -0.3 is 10.2 Å². The van der Waals surface area contributed by atoms with Crippen molar-refractivity contribution in [2.75, 3.05) is 0 Å². The van der Waals surface area contributed by atoms with Crippen LogP contribution in [0.5, 0.6) is 0 Å². The van der Waals surface area contributed by atoms with Crippen molar-refractivity contribution in [2.45, 2.75) is 18.6 Å². The molecule has 0 fully saturated rings. The first-order valence-electron chi connectivity index (χ1n) is 8.35. The van der Waals surface area contributed by atoms with Gasteiger partial charge in [0.15, 0.2) is 0 Å². The van der Waals surface area contributed by atoms with Crippen molar-refractivity contribution in [3.05, 3.63) is 107 Å². The second-order valence-corrected chi connectivity index (χ2v) is 6.64. The SMILES string of the molecule is O[C@@H](c1ccccc1)C(Cc1ccc(Cl)cc1)[C@@H](O)c1ccccc1. The van der Waals surface area contributed by atoms with Gasteiger partial charge in [0, 0.05) is 10.9 Å². The van der Waals surface area contributed by atoms with Gasteiger partial charge in [0.25, 0.3) is 0 Å². The van der Waals surface area contributed by atoms with Crippen LogP contribution in [0.1, 0.15) is 28.9 Å². The minimum absolute atomic E-state index is 0.369. The van der Waals surface area contributed by atoms with Gasteiger partial charge in [-0.05, 0) is 35.2 Å². The van der Waals surface area contributed by atoms with E-state index in [2.05, 4.69) is 0 Å². The average Bonchev–Trinajstić information content (AvgIpc) is 2.68. The summed E-state index contributed by atoms with van der Waals surface area (Å²) in [6.07, 6.45) is -0.998. The lowest BCUT2D eigenvalue weighted by Crippen LogP contribution is -2.23. The van der Waals surface area contributed by atoms with E-state index in [-0.39, 0.29) is 5.92 Å². The summed E-state index contributed by atoms with van der Waals surface area (Å²) in [5.74, 6) is -0.369. The van der Waals surface area contributed by atoms with Gasteiger partial charge in [0.05, 0.1) is 12.2 Å². The molecule has 0 radical (unpaired) electrons. The van der Waals surface area contributed by atoms with E-state index in [1.165, 1.54) is 0 Å². The van der Waals surface area contributed by atoms with Gasteiger partial charge in [0.2, 0.25) is 0 Å². The lowest BCUT2D eigenvalue weighted by molar-refractivity contribution is 0.00998. The van der Waals surface area contributed by atoms with Crippen LogP contribution in [-0.2, 0) is 6.42 Å². The first-order valence-corrected chi connectivity index (χ1v) is 8.73. The molecule has 0 amide bonds. The molecule has 3 heteroatoms. The molecule has 0 aromatic heterocycles. The Morgan fingerprint density at radius 3 is 1.52 bits per heavy atom. The zero-order valence-corrected chi connectivity index (χ0v) is 14.6. The third-order valence-corrected chi connectivity index (χ3v) is 4.73. The van der Waals surface area contributed by atoms with E-state index in [1.54, 1.807) is 0 Å². The number of aliphatic hydroxyl groups excluding tert-OH is 2. The molecule has 2 atom stereocenters. The van der Waals surface area contributed by atoms with Crippen LogP contribution in [0.15, 0.2) is 84.9 Å². The Morgan fingerprint density at radius 1 is 0.640 bits per heavy atom. The van der Waals surface area contributed by atoms with E-state index >= 15 is 0 Å². The number of aliphatic hydroxyl groups is 2. The highest BCUT2D eigenvalue weighted by molar-refractivity contribution is 6.30. The van der Waals surface area contributed by atoms with Crippen LogP contribution in [0, 0.1) is 5.92 Å². The van der Waals surface area contributed by atoms with Crippen molar-refractivity contribution < 1.29 is 10.2 Å². The van der Waals surface area contributed by atoms with Gasteiger partial charge in [-0.1, -0.05) is 84.4 Å². The Balaban J connectivity index is 1.91. The maximum atomic E-state index is 10.9. The summed E-state index contributed by atoms with van der Waals surface area (Å²) >= 11 is 5.97. The number of rotatable bonds is 6. The monoisotopic (exact) mass is 352 g/mol. The topological polar surface area (TPSA) is 40.5 Å². The Bertz CT molecular complexity index is 727. The van der Waals surface area contributed by atoms with Crippen LogP contribution in [0.2, 0.25) is 5.02 Å². The number of benzene rings is 3. The Kier molecular flexibility index (Phi) is 5.87. The van der Waals surface area contributed by atoms with Gasteiger partial charge >= 0.3 is 0 Å². The molecule has 0 unspecified atom stereocenters. The molecule has 0 aliphatic rings. The maximum absolute atomic E-state index is 10.9. The summed E-state index contributed by atoms with van der Waals surface area (Å²) in [6.45, 7) is 0. The molecule has 3 rings (SSSR count). The predicted octanol–water partition coefficient (Wildman–Crippen LogP) is 4.97. The molecule has 0 saturated carbocycles. The molecule has 0 bridgehead atoms. The lowest BCUT2D eigenvalue weighted by atomic mass is 9.83.